The van der Waals surface area contributed by atoms with Crippen LogP contribution in [-0.4, -0.2) is 38.0 Å². The molecule has 0 bridgehead atoms. The largest absolute Gasteiger partial charge is 0.480 e. The first-order chi connectivity index (χ1) is 15.4. The van der Waals surface area contributed by atoms with Crippen LogP contribution in [0.25, 0.3) is 33.1 Å². The van der Waals surface area contributed by atoms with Gasteiger partial charge in [-0.2, -0.15) is 0 Å². The van der Waals surface area contributed by atoms with Gasteiger partial charge in [-0.3, -0.25) is 14.5 Å². The van der Waals surface area contributed by atoms with Gasteiger partial charge < -0.3 is 15.1 Å². The zero-order valence-corrected chi connectivity index (χ0v) is 18.3. The molecule has 164 valence electrons. The molecule has 2 aromatic heterocycles. The maximum Gasteiger partial charge on any atom is 0.324 e. The van der Waals surface area contributed by atoms with Gasteiger partial charge in [0, 0.05) is 23.0 Å². The maximum atomic E-state index is 12.7. The van der Waals surface area contributed by atoms with E-state index >= 15 is 0 Å². The standard InChI is InChI=1S/C26H27N3O3/c1-16-6-5-11-29(26(16,2)25(31)32)15-17-9-10-22-19(12-17)14-23(27-22)20-13-18-7-3-4-8-21(18)28-24(20)30/h3-4,7-10,12-14,16,27H,5-6,11,15H2,1-2H3,(H,28,30)(H,31,32). The van der Waals surface area contributed by atoms with Crippen molar-refractivity contribution in [1.82, 2.24) is 14.9 Å². The number of para-hydroxylation sites is 1. The molecular formula is C26H27N3O3. The number of hydrogen-bond donors (Lipinski definition) is 3. The highest BCUT2D eigenvalue weighted by Gasteiger charge is 2.46. The van der Waals surface area contributed by atoms with Crippen molar-refractivity contribution in [2.24, 2.45) is 5.92 Å². The molecule has 4 aromatic rings. The van der Waals surface area contributed by atoms with Gasteiger partial charge in [-0.25, -0.2) is 0 Å². The highest BCUT2D eigenvalue weighted by atomic mass is 16.4. The summed E-state index contributed by atoms with van der Waals surface area (Å²) >= 11 is 0. The first-order valence-corrected chi connectivity index (χ1v) is 11.1. The summed E-state index contributed by atoms with van der Waals surface area (Å²) in [7, 11) is 0. The zero-order chi connectivity index (χ0) is 22.5. The summed E-state index contributed by atoms with van der Waals surface area (Å²) in [5, 5.41) is 11.9. The van der Waals surface area contributed by atoms with Crippen molar-refractivity contribution in [2.75, 3.05) is 6.54 Å². The van der Waals surface area contributed by atoms with Crippen LogP contribution in [0.1, 0.15) is 32.3 Å². The second kappa shape index (κ2) is 7.64. The van der Waals surface area contributed by atoms with Crippen LogP contribution >= 0.6 is 0 Å². The van der Waals surface area contributed by atoms with E-state index in [1.54, 1.807) is 0 Å². The minimum absolute atomic E-state index is 0.0935. The van der Waals surface area contributed by atoms with Crippen LogP contribution in [0.3, 0.4) is 0 Å². The second-order valence-corrected chi connectivity index (χ2v) is 9.12. The third-order valence-corrected chi connectivity index (χ3v) is 7.22. The van der Waals surface area contributed by atoms with Crippen molar-refractivity contribution in [3.05, 3.63) is 70.5 Å². The van der Waals surface area contributed by atoms with Crippen molar-refractivity contribution in [3.8, 4) is 11.3 Å². The first kappa shape index (κ1) is 20.5. The van der Waals surface area contributed by atoms with E-state index in [9.17, 15) is 14.7 Å². The average Bonchev–Trinajstić information content (AvgIpc) is 3.19. The predicted molar refractivity (Wildman–Crippen MR) is 127 cm³/mol. The molecule has 2 atom stereocenters. The highest BCUT2D eigenvalue weighted by Crippen LogP contribution is 2.35. The number of H-pyrrole nitrogens is 2. The molecule has 1 aliphatic heterocycles. The summed E-state index contributed by atoms with van der Waals surface area (Å²) in [6, 6.07) is 17.8. The normalized spacial score (nSPS) is 21.9. The van der Waals surface area contributed by atoms with Crippen molar-refractivity contribution in [1.29, 1.82) is 0 Å². The van der Waals surface area contributed by atoms with Crippen LogP contribution in [0, 0.1) is 5.92 Å². The first-order valence-electron chi connectivity index (χ1n) is 11.1. The fraction of sp³-hybridized carbons (Fsp3) is 0.308. The van der Waals surface area contributed by atoms with E-state index in [-0.39, 0.29) is 11.5 Å². The Hall–Kier alpha value is -3.38. The summed E-state index contributed by atoms with van der Waals surface area (Å²) in [6.45, 7) is 5.23. The highest BCUT2D eigenvalue weighted by molar-refractivity contribution is 5.89. The summed E-state index contributed by atoms with van der Waals surface area (Å²) in [6.07, 6.45) is 1.94. The number of aromatic nitrogens is 2. The van der Waals surface area contributed by atoms with E-state index in [1.807, 2.05) is 62.4 Å². The molecule has 5 rings (SSSR count). The lowest BCUT2D eigenvalue weighted by atomic mass is 9.78. The van der Waals surface area contributed by atoms with E-state index in [4.69, 9.17) is 0 Å². The minimum atomic E-state index is -0.866. The molecule has 3 heterocycles. The van der Waals surface area contributed by atoms with E-state index in [2.05, 4.69) is 20.9 Å². The topological polar surface area (TPSA) is 89.2 Å². The van der Waals surface area contributed by atoms with Crippen LogP contribution in [0.2, 0.25) is 0 Å². The van der Waals surface area contributed by atoms with Gasteiger partial charge in [0.25, 0.3) is 5.56 Å². The summed E-state index contributed by atoms with van der Waals surface area (Å²) in [5.74, 6) is -0.666. The number of aromatic amines is 2. The number of pyridine rings is 1. The number of benzene rings is 2. The molecule has 2 unspecified atom stereocenters. The second-order valence-electron chi connectivity index (χ2n) is 9.12. The van der Waals surface area contributed by atoms with Crippen LogP contribution in [-0.2, 0) is 11.3 Å². The van der Waals surface area contributed by atoms with Gasteiger partial charge in [-0.15, -0.1) is 0 Å². The molecule has 32 heavy (non-hydrogen) atoms. The lowest BCUT2D eigenvalue weighted by Gasteiger charge is -2.46. The van der Waals surface area contributed by atoms with Gasteiger partial charge in [0.1, 0.15) is 5.54 Å². The fourth-order valence-corrected chi connectivity index (χ4v) is 5.00. The summed E-state index contributed by atoms with van der Waals surface area (Å²) in [5.41, 5.74) is 3.21. The molecule has 3 N–H and O–H groups in total. The third kappa shape index (κ3) is 3.31. The lowest BCUT2D eigenvalue weighted by Crippen LogP contribution is -2.59. The van der Waals surface area contributed by atoms with Crippen LogP contribution in [0.4, 0.5) is 0 Å². The number of fused-ring (bicyclic) bond motifs is 2. The Labute approximate surface area is 185 Å². The van der Waals surface area contributed by atoms with Crippen molar-refractivity contribution >= 4 is 27.8 Å². The molecule has 1 aliphatic rings. The van der Waals surface area contributed by atoms with Crippen molar-refractivity contribution < 1.29 is 9.90 Å². The molecule has 0 amide bonds. The van der Waals surface area contributed by atoms with Gasteiger partial charge in [0.2, 0.25) is 0 Å². The van der Waals surface area contributed by atoms with Gasteiger partial charge in [0.05, 0.1) is 11.3 Å². The molecule has 1 fully saturated rings. The van der Waals surface area contributed by atoms with E-state index in [1.165, 1.54) is 0 Å². The lowest BCUT2D eigenvalue weighted by molar-refractivity contribution is -0.157. The van der Waals surface area contributed by atoms with Gasteiger partial charge >= 0.3 is 5.97 Å². The molecule has 2 aromatic carbocycles. The van der Waals surface area contributed by atoms with Crippen LogP contribution in [0.5, 0.6) is 0 Å². The molecular weight excluding hydrogens is 402 g/mol. The van der Waals surface area contributed by atoms with E-state index in [0.29, 0.717) is 12.1 Å². The number of nitrogens with zero attached hydrogens (tertiary/aromatic N) is 1. The molecule has 6 nitrogen and oxygen atoms in total. The average molecular weight is 430 g/mol. The molecule has 0 spiro atoms. The number of likely N-dealkylation sites (tertiary alicyclic amines) is 1. The Morgan fingerprint density at radius 2 is 1.88 bits per heavy atom. The molecule has 0 saturated carbocycles. The predicted octanol–water partition coefficient (Wildman–Crippen LogP) is 4.75. The number of aliphatic carboxylic acids is 1. The fourth-order valence-electron chi connectivity index (χ4n) is 5.00. The minimum Gasteiger partial charge on any atom is -0.480 e. The van der Waals surface area contributed by atoms with Gasteiger partial charge in [-0.05, 0) is 73.5 Å². The van der Waals surface area contributed by atoms with Crippen LogP contribution < -0.4 is 5.56 Å². The number of piperidine rings is 1. The Kier molecular flexibility index (Phi) is 4.90. The number of hydrogen-bond acceptors (Lipinski definition) is 3. The molecule has 0 radical (unpaired) electrons. The third-order valence-electron chi connectivity index (χ3n) is 7.22. The van der Waals surface area contributed by atoms with E-state index in [0.717, 1.165) is 52.4 Å². The Balaban J connectivity index is 1.49. The number of carboxylic acid groups (broad SMARTS) is 1. The zero-order valence-electron chi connectivity index (χ0n) is 18.3. The smallest absolute Gasteiger partial charge is 0.324 e. The number of nitrogens with one attached hydrogen (secondary N) is 2. The monoisotopic (exact) mass is 429 g/mol. The van der Waals surface area contributed by atoms with Crippen molar-refractivity contribution in [3.63, 3.8) is 0 Å². The van der Waals surface area contributed by atoms with Crippen molar-refractivity contribution in [2.45, 2.75) is 38.8 Å². The SMILES string of the molecule is CC1CCCN(Cc2ccc3[nH]c(-c4cc5ccccc5[nH]c4=O)cc3c2)C1(C)C(=O)O. The van der Waals surface area contributed by atoms with Gasteiger partial charge in [0.15, 0.2) is 0 Å². The number of carboxylic acids is 1. The quantitative estimate of drug-likeness (QED) is 0.437. The Morgan fingerprint density at radius 1 is 1.09 bits per heavy atom. The number of rotatable bonds is 4. The summed E-state index contributed by atoms with van der Waals surface area (Å²) in [4.78, 5) is 33.2. The van der Waals surface area contributed by atoms with E-state index < -0.39 is 11.5 Å². The Morgan fingerprint density at radius 3 is 2.69 bits per heavy atom. The van der Waals surface area contributed by atoms with Crippen LogP contribution in [0.15, 0.2) is 59.4 Å². The molecule has 0 aliphatic carbocycles. The molecule has 1 saturated heterocycles. The maximum absolute atomic E-state index is 12.7. The number of carbonyl (C=O) groups is 1. The summed E-state index contributed by atoms with van der Waals surface area (Å²) < 4.78 is 0. The Bertz CT molecular complexity index is 1390. The van der Waals surface area contributed by atoms with Gasteiger partial charge in [-0.1, -0.05) is 31.2 Å². The molecule has 6 heteroatoms.